The number of allylic oxidation sites excluding steroid dienone is 2. The Bertz CT molecular complexity index is 763. The Balaban J connectivity index is 2.67. The number of nitrogens with two attached hydrogens (primary N) is 2. The van der Waals surface area contributed by atoms with Gasteiger partial charge in [-0.2, -0.15) is 0 Å². The molecule has 0 saturated carbocycles. The van der Waals surface area contributed by atoms with E-state index in [1.807, 2.05) is 31.2 Å². The van der Waals surface area contributed by atoms with E-state index in [-0.39, 0.29) is 0 Å². The summed E-state index contributed by atoms with van der Waals surface area (Å²) in [5, 5.41) is 0. The number of nitrogens with zero attached hydrogens (tertiary/aromatic N) is 2. The zero-order chi connectivity index (χ0) is 17.7. The van der Waals surface area contributed by atoms with Gasteiger partial charge in [-0.1, -0.05) is 42.5 Å². The number of aliphatic imine (C=N–C) groups is 1. The molecule has 0 aliphatic carbocycles. The van der Waals surface area contributed by atoms with Crippen molar-refractivity contribution in [3.8, 4) is 0 Å². The van der Waals surface area contributed by atoms with Gasteiger partial charge in [-0.15, -0.1) is 0 Å². The smallest absolute Gasteiger partial charge is 0.196 e. The maximum absolute atomic E-state index is 6.46. The lowest BCUT2D eigenvalue weighted by atomic mass is 10.1. The topological polar surface area (TPSA) is 76.9 Å². The van der Waals surface area contributed by atoms with Crippen LogP contribution in [0.25, 0.3) is 5.70 Å². The third-order valence-electron chi connectivity index (χ3n) is 3.36. The van der Waals surface area contributed by atoms with Crippen LogP contribution in [-0.2, 0) is 4.74 Å². The number of benzene rings is 1. The van der Waals surface area contributed by atoms with Crippen molar-refractivity contribution >= 4 is 11.5 Å². The van der Waals surface area contributed by atoms with Gasteiger partial charge in [0.1, 0.15) is 6.26 Å². The Kier molecular flexibility index (Phi) is 5.27. The summed E-state index contributed by atoms with van der Waals surface area (Å²) in [4.78, 5) is 6.12. The maximum Gasteiger partial charge on any atom is 0.196 e. The molecule has 0 aromatic heterocycles. The fraction of sp³-hybridized carbons (Fsp3) is 0.105. The molecular formula is C19H22N4O. The van der Waals surface area contributed by atoms with E-state index >= 15 is 0 Å². The molecule has 0 spiro atoms. The van der Waals surface area contributed by atoms with Crippen molar-refractivity contribution in [1.82, 2.24) is 4.90 Å². The second kappa shape index (κ2) is 7.37. The Morgan fingerprint density at radius 1 is 1.25 bits per heavy atom. The molecule has 1 aromatic rings. The van der Waals surface area contributed by atoms with Gasteiger partial charge in [0.2, 0.25) is 0 Å². The molecule has 5 heteroatoms. The van der Waals surface area contributed by atoms with E-state index in [1.54, 1.807) is 30.2 Å². The summed E-state index contributed by atoms with van der Waals surface area (Å²) in [6.45, 7) is 11.4. The van der Waals surface area contributed by atoms with Crippen LogP contribution in [0, 0.1) is 6.92 Å². The summed E-state index contributed by atoms with van der Waals surface area (Å²) in [6, 6.07) is 7.91. The number of amidine groups is 1. The minimum absolute atomic E-state index is 0.409. The van der Waals surface area contributed by atoms with Crippen LogP contribution in [0.5, 0.6) is 0 Å². The molecule has 0 fully saturated rings. The first-order valence-corrected chi connectivity index (χ1v) is 7.46. The molecule has 1 aliphatic rings. The van der Waals surface area contributed by atoms with Gasteiger partial charge in [0.05, 0.1) is 22.9 Å². The fourth-order valence-electron chi connectivity index (χ4n) is 2.24. The fourth-order valence-corrected chi connectivity index (χ4v) is 2.24. The quantitative estimate of drug-likeness (QED) is 0.495. The summed E-state index contributed by atoms with van der Waals surface area (Å²) in [5.74, 6) is 0.840. The van der Waals surface area contributed by atoms with E-state index in [1.165, 1.54) is 6.26 Å². The highest BCUT2D eigenvalue weighted by atomic mass is 16.5. The van der Waals surface area contributed by atoms with Crippen molar-refractivity contribution in [2.75, 3.05) is 0 Å². The van der Waals surface area contributed by atoms with E-state index < -0.39 is 0 Å². The Morgan fingerprint density at radius 3 is 2.42 bits per heavy atom. The van der Waals surface area contributed by atoms with Crippen molar-refractivity contribution < 1.29 is 4.74 Å². The second-order valence-electron chi connectivity index (χ2n) is 5.34. The van der Waals surface area contributed by atoms with E-state index in [0.717, 1.165) is 11.1 Å². The van der Waals surface area contributed by atoms with Gasteiger partial charge >= 0.3 is 0 Å². The molecular weight excluding hydrogens is 300 g/mol. The highest BCUT2D eigenvalue weighted by molar-refractivity contribution is 5.80. The summed E-state index contributed by atoms with van der Waals surface area (Å²) in [5.41, 5.74) is 16.0. The number of rotatable bonds is 5. The lowest BCUT2D eigenvalue weighted by Gasteiger charge is -2.22. The predicted molar refractivity (Wildman–Crippen MR) is 99.1 cm³/mol. The largest absolute Gasteiger partial charge is 0.447 e. The van der Waals surface area contributed by atoms with Crippen molar-refractivity contribution in [1.29, 1.82) is 0 Å². The van der Waals surface area contributed by atoms with Crippen LogP contribution >= 0.6 is 0 Å². The number of ether oxygens (including phenoxy) is 1. The molecule has 1 aliphatic heterocycles. The van der Waals surface area contributed by atoms with Crippen molar-refractivity contribution in [3.05, 3.63) is 90.4 Å². The third kappa shape index (κ3) is 3.76. The van der Waals surface area contributed by atoms with Crippen LogP contribution in [-0.4, -0.2) is 10.7 Å². The normalized spacial score (nSPS) is 16.1. The molecule has 0 saturated heterocycles. The average Bonchev–Trinajstić information content (AvgIpc) is 2.94. The lowest BCUT2D eigenvalue weighted by molar-refractivity contribution is 0.302. The Labute approximate surface area is 142 Å². The summed E-state index contributed by atoms with van der Waals surface area (Å²) >= 11 is 0. The molecule has 0 unspecified atom stereocenters. The van der Waals surface area contributed by atoms with Gasteiger partial charge in [0.15, 0.2) is 5.88 Å². The molecule has 0 amide bonds. The zero-order valence-corrected chi connectivity index (χ0v) is 14.0. The van der Waals surface area contributed by atoms with Crippen LogP contribution in [0.1, 0.15) is 18.1 Å². The minimum Gasteiger partial charge on any atom is -0.447 e. The summed E-state index contributed by atoms with van der Waals surface area (Å²) in [6.07, 6.45) is 6.64. The number of hydrogen-bond donors (Lipinski definition) is 2. The van der Waals surface area contributed by atoms with Gasteiger partial charge in [-0.3, -0.25) is 4.90 Å². The molecule has 0 atom stereocenters. The van der Waals surface area contributed by atoms with Crippen molar-refractivity contribution in [2.24, 2.45) is 16.5 Å². The molecule has 24 heavy (non-hydrogen) atoms. The molecule has 124 valence electrons. The monoisotopic (exact) mass is 322 g/mol. The average molecular weight is 322 g/mol. The van der Waals surface area contributed by atoms with Gasteiger partial charge in [0.25, 0.3) is 0 Å². The van der Waals surface area contributed by atoms with Crippen molar-refractivity contribution in [2.45, 2.75) is 13.8 Å². The Hall–Kier alpha value is -3.21. The maximum atomic E-state index is 6.46. The third-order valence-corrected chi connectivity index (χ3v) is 3.36. The molecule has 2 rings (SSSR count). The highest BCUT2D eigenvalue weighted by Gasteiger charge is 2.23. The molecule has 4 N–H and O–H groups in total. The predicted octanol–water partition coefficient (Wildman–Crippen LogP) is 3.34. The standard InChI is InChI=1S/C19H22N4O/c1-5-6-17(22-14(3)20)19(23-11-12-24-15(23)4)18(21)16-9-7-13(2)8-10-16/h5-12H,1,4,21H2,2-3H3,(H2,20,22)/b17-6-,19-18-. The summed E-state index contributed by atoms with van der Waals surface area (Å²) in [7, 11) is 0. The van der Waals surface area contributed by atoms with Gasteiger partial charge in [0, 0.05) is 6.20 Å². The minimum atomic E-state index is 0.409. The molecule has 1 heterocycles. The first kappa shape index (κ1) is 17.1. The van der Waals surface area contributed by atoms with Crippen LogP contribution in [0.4, 0.5) is 0 Å². The second-order valence-corrected chi connectivity index (χ2v) is 5.34. The first-order valence-electron chi connectivity index (χ1n) is 7.46. The van der Waals surface area contributed by atoms with E-state index in [0.29, 0.717) is 28.8 Å². The number of aryl methyl sites for hydroxylation is 1. The lowest BCUT2D eigenvalue weighted by Crippen LogP contribution is -2.20. The van der Waals surface area contributed by atoms with E-state index in [2.05, 4.69) is 18.2 Å². The summed E-state index contributed by atoms with van der Waals surface area (Å²) < 4.78 is 5.31. The van der Waals surface area contributed by atoms with Gasteiger partial charge in [-0.05, 0) is 32.1 Å². The van der Waals surface area contributed by atoms with Crippen LogP contribution in [0.15, 0.2) is 84.3 Å². The van der Waals surface area contributed by atoms with E-state index in [4.69, 9.17) is 16.2 Å². The van der Waals surface area contributed by atoms with Crippen LogP contribution in [0.2, 0.25) is 0 Å². The zero-order valence-electron chi connectivity index (χ0n) is 14.0. The SMILES string of the molecule is C=C/C=C(N=C(C)N)/C(=C(/N)c1ccc(C)cc1)N1C=COC1=C. The molecule has 1 aromatic carbocycles. The molecule has 0 bridgehead atoms. The molecule has 5 nitrogen and oxygen atoms in total. The van der Waals surface area contributed by atoms with Crippen molar-refractivity contribution in [3.63, 3.8) is 0 Å². The van der Waals surface area contributed by atoms with E-state index in [9.17, 15) is 0 Å². The van der Waals surface area contributed by atoms with Crippen LogP contribution < -0.4 is 11.5 Å². The van der Waals surface area contributed by atoms with Crippen LogP contribution in [0.3, 0.4) is 0 Å². The first-order chi connectivity index (χ1) is 11.4. The Morgan fingerprint density at radius 2 is 1.92 bits per heavy atom. The van der Waals surface area contributed by atoms with Gasteiger partial charge in [-0.25, -0.2) is 4.99 Å². The van der Waals surface area contributed by atoms with Gasteiger partial charge < -0.3 is 16.2 Å². The highest BCUT2D eigenvalue weighted by Crippen LogP contribution is 2.30. The molecule has 0 radical (unpaired) electrons. The number of hydrogen-bond acceptors (Lipinski definition) is 4.